The summed E-state index contributed by atoms with van der Waals surface area (Å²) < 4.78 is 56.8. The van der Waals surface area contributed by atoms with Crippen molar-refractivity contribution >= 4 is 23.4 Å². The SMILES string of the molecule is CC1(C)OC[C@H](COc2cnc(NC(=O)N3c4nc(-c5cccc(C(F)(F)F)c5)ncc4N4CCC[C@H]3C4)cn2)O1. The highest BCUT2D eigenvalue weighted by atomic mass is 19.4. The number of carbonyl (C=O) groups excluding carboxylic acids is 1. The van der Waals surface area contributed by atoms with Gasteiger partial charge in [0.05, 0.1) is 42.5 Å². The van der Waals surface area contributed by atoms with Crippen molar-refractivity contribution in [3.8, 4) is 17.3 Å². The molecule has 5 heterocycles. The van der Waals surface area contributed by atoms with Crippen LogP contribution in [0.25, 0.3) is 11.4 Å². The minimum absolute atomic E-state index is 0.0927. The van der Waals surface area contributed by atoms with Crippen LogP contribution in [-0.4, -0.2) is 70.2 Å². The Labute approximate surface area is 233 Å². The third-order valence-corrected chi connectivity index (χ3v) is 7.10. The molecular formula is C27H28F3N7O4. The number of rotatable bonds is 5. The van der Waals surface area contributed by atoms with E-state index in [1.54, 1.807) is 6.20 Å². The molecule has 0 spiro atoms. The van der Waals surface area contributed by atoms with E-state index in [0.717, 1.165) is 31.5 Å². The van der Waals surface area contributed by atoms with E-state index in [9.17, 15) is 18.0 Å². The number of nitrogens with one attached hydrogen (secondary N) is 1. The van der Waals surface area contributed by atoms with Crippen LogP contribution in [0.1, 0.15) is 32.3 Å². The molecule has 0 saturated carbocycles. The molecule has 3 aliphatic rings. The predicted molar refractivity (Wildman–Crippen MR) is 142 cm³/mol. The van der Waals surface area contributed by atoms with Gasteiger partial charge in [-0.2, -0.15) is 13.2 Å². The minimum atomic E-state index is -4.50. The Morgan fingerprint density at radius 1 is 1.20 bits per heavy atom. The molecule has 1 aromatic carbocycles. The summed E-state index contributed by atoms with van der Waals surface area (Å²) in [5, 5.41) is 2.76. The first-order valence-electron chi connectivity index (χ1n) is 13.2. The number of ether oxygens (including phenoxy) is 3. The van der Waals surface area contributed by atoms with E-state index in [2.05, 4.69) is 30.2 Å². The standard InChI is InChI=1S/C27H28F3N7O4/c1-26(2)40-15-19(41-26)14-39-22-12-31-21(11-32-22)34-25(38)37-18-7-4-8-36(13-18)20-10-33-23(35-24(20)37)16-5-3-6-17(9-16)27(28,29)30/h3,5-6,9-12,18-19H,4,7-8,13-15H2,1-2H3,(H,31,34,38)/t18-,19-/m0/s1. The maximum absolute atomic E-state index is 13.6. The van der Waals surface area contributed by atoms with E-state index in [1.807, 2.05) is 13.8 Å². The molecule has 0 aliphatic carbocycles. The first kappa shape index (κ1) is 27.1. The smallest absolute Gasteiger partial charge is 0.416 e. The van der Waals surface area contributed by atoms with Gasteiger partial charge >= 0.3 is 12.2 Å². The lowest BCUT2D eigenvalue weighted by Gasteiger charge is -2.45. The van der Waals surface area contributed by atoms with Crippen LogP contribution in [-0.2, 0) is 15.7 Å². The number of piperidine rings is 1. The molecule has 2 bridgehead atoms. The van der Waals surface area contributed by atoms with Gasteiger partial charge in [0, 0.05) is 18.7 Å². The first-order chi connectivity index (χ1) is 19.6. The van der Waals surface area contributed by atoms with Crippen molar-refractivity contribution < 1.29 is 32.2 Å². The van der Waals surface area contributed by atoms with Crippen LogP contribution in [0, 0.1) is 0 Å². The number of anilines is 3. The van der Waals surface area contributed by atoms with Crippen molar-refractivity contribution in [2.75, 3.05) is 41.4 Å². The number of nitrogens with zero attached hydrogens (tertiary/aromatic N) is 6. The van der Waals surface area contributed by atoms with Crippen LogP contribution < -0.4 is 19.9 Å². The summed E-state index contributed by atoms with van der Waals surface area (Å²) in [5.41, 5.74) is 0.0433. The Morgan fingerprint density at radius 3 is 2.78 bits per heavy atom. The monoisotopic (exact) mass is 571 g/mol. The number of urea groups is 1. The van der Waals surface area contributed by atoms with Gasteiger partial charge in [0.2, 0.25) is 5.88 Å². The summed E-state index contributed by atoms with van der Waals surface area (Å²) in [7, 11) is 0. The summed E-state index contributed by atoms with van der Waals surface area (Å²) in [6.45, 7) is 5.66. The Hall–Kier alpha value is -4.04. The maximum atomic E-state index is 13.6. The molecule has 2 atom stereocenters. The summed E-state index contributed by atoms with van der Waals surface area (Å²) in [6.07, 6.45) is 1.22. The van der Waals surface area contributed by atoms with Crippen molar-refractivity contribution in [3.63, 3.8) is 0 Å². The minimum Gasteiger partial charge on any atom is -0.474 e. The van der Waals surface area contributed by atoms with E-state index in [4.69, 9.17) is 14.2 Å². The average Bonchev–Trinajstić information content (AvgIpc) is 3.30. The van der Waals surface area contributed by atoms with Gasteiger partial charge in [0.1, 0.15) is 12.7 Å². The normalized spacial score (nSPS) is 21.4. The molecule has 6 rings (SSSR count). The van der Waals surface area contributed by atoms with E-state index in [1.165, 1.54) is 29.4 Å². The number of alkyl halides is 3. The second kappa shape index (κ2) is 10.4. The fourth-order valence-corrected chi connectivity index (χ4v) is 5.21. The molecular weight excluding hydrogens is 543 g/mol. The van der Waals surface area contributed by atoms with Gasteiger partial charge in [-0.05, 0) is 38.8 Å². The molecule has 216 valence electrons. The van der Waals surface area contributed by atoms with Crippen molar-refractivity contribution in [1.29, 1.82) is 0 Å². The summed E-state index contributed by atoms with van der Waals surface area (Å²) in [5.74, 6) is 0.234. The summed E-state index contributed by atoms with van der Waals surface area (Å²) in [6, 6.07) is 4.15. The zero-order valence-electron chi connectivity index (χ0n) is 22.4. The molecule has 0 radical (unpaired) electrons. The molecule has 0 unspecified atom stereocenters. The highest BCUT2D eigenvalue weighted by Gasteiger charge is 2.39. The Bertz CT molecular complexity index is 1440. The highest BCUT2D eigenvalue weighted by molar-refractivity contribution is 6.04. The zero-order chi connectivity index (χ0) is 28.8. The molecule has 1 N–H and O–H groups in total. The highest BCUT2D eigenvalue weighted by Crippen LogP contribution is 2.39. The predicted octanol–water partition coefficient (Wildman–Crippen LogP) is 4.50. The Balaban J connectivity index is 1.21. The number of benzene rings is 1. The van der Waals surface area contributed by atoms with E-state index in [-0.39, 0.29) is 41.8 Å². The maximum Gasteiger partial charge on any atom is 0.416 e. The first-order valence-corrected chi connectivity index (χ1v) is 13.2. The number of carbonyl (C=O) groups is 1. The van der Waals surface area contributed by atoms with Gasteiger partial charge in [-0.1, -0.05) is 12.1 Å². The summed E-state index contributed by atoms with van der Waals surface area (Å²) in [4.78, 5) is 34.6. The Morgan fingerprint density at radius 2 is 2.05 bits per heavy atom. The van der Waals surface area contributed by atoms with E-state index in [0.29, 0.717) is 24.7 Å². The molecule has 11 nitrogen and oxygen atoms in total. The molecule has 2 fully saturated rings. The van der Waals surface area contributed by atoms with Crippen LogP contribution in [0.4, 0.5) is 35.3 Å². The molecule has 2 amide bonds. The number of fused-ring (bicyclic) bond motifs is 4. The van der Waals surface area contributed by atoms with Gasteiger partial charge in [0.25, 0.3) is 0 Å². The van der Waals surface area contributed by atoms with Gasteiger partial charge in [-0.15, -0.1) is 0 Å². The molecule has 14 heteroatoms. The van der Waals surface area contributed by atoms with E-state index >= 15 is 0 Å². The van der Waals surface area contributed by atoms with E-state index < -0.39 is 23.6 Å². The van der Waals surface area contributed by atoms with Crippen LogP contribution in [0.15, 0.2) is 42.9 Å². The van der Waals surface area contributed by atoms with Gasteiger partial charge in [0.15, 0.2) is 23.2 Å². The molecule has 41 heavy (non-hydrogen) atoms. The molecule has 2 saturated heterocycles. The van der Waals surface area contributed by atoms with Gasteiger partial charge in [-0.25, -0.2) is 24.7 Å². The van der Waals surface area contributed by atoms with Crippen LogP contribution in [0.3, 0.4) is 0 Å². The zero-order valence-corrected chi connectivity index (χ0v) is 22.4. The third kappa shape index (κ3) is 5.75. The lowest BCUT2D eigenvalue weighted by atomic mass is 10.0. The van der Waals surface area contributed by atoms with Crippen molar-refractivity contribution in [1.82, 2.24) is 19.9 Å². The van der Waals surface area contributed by atoms with Crippen molar-refractivity contribution in [2.45, 2.75) is 50.8 Å². The van der Waals surface area contributed by atoms with Crippen LogP contribution in [0.2, 0.25) is 0 Å². The Kier molecular flexibility index (Phi) is 6.90. The largest absolute Gasteiger partial charge is 0.474 e. The average molecular weight is 572 g/mol. The molecule has 3 aromatic rings. The number of halogens is 3. The quantitative estimate of drug-likeness (QED) is 0.473. The van der Waals surface area contributed by atoms with Crippen LogP contribution in [0.5, 0.6) is 5.88 Å². The van der Waals surface area contributed by atoms with Gasteiger partial charge < -0.3 is 19.1 Å². The number of hydrogen-bond acceptors (Lipinski definition) is 9. The van der Waals surface area contributed by atoms with Crippen LogP contribution >= 0.6 is 0 Å². The van der Waals surface area contributed by atoms with Gasteiger partial charge in [-0.3, -0.25) is 10.2 Å². The molecule has 2 aromatic heterocycles. The summed E-state index contributed by atoms with van der Waals surface area (Å²) >= 11 is 0. The fraction of sp³-hybridized carbons (Fsp3) is 0.444. The fourth-order valence-electron chi connectivity index (χ4n) is 5.21. The lowest BCUT2D eigenvalue weighted by Crippen LogP contribution is -2.56. The molecule has 3 aliphatic heterocycles. The second-order valence-corrected chi connectivity index (χ2v) is 10.5. The van der Waals surface area contributed by atoms with Crippen molar-refractivity contribution in [2.24, 2.45) is 0 Å². The third-order valence-electron chi connectivity index (χ3n) is 7.10. The number of amides is 2. The second-order valence-electron chi connectivity index (χ2n) is 10.5. The lowest BCUT2D eigenvalue weighted by molar-refractivity contribution is -0.141. The number of hydrogen-bond donors (Lipinski definition) is 1. The number of aromatic nitrogens is 4. The topological polar surface area (TPSA) is 115 Å². The van der Waals surface area contributed by atoms with Crippen molar-refractivity contribution in [3.05, 3.63) is 48.4 Å².